The van der Waals surface area contributed by atoms with E-state index in [0.717, 1.165) is 0 Å². The first-order valence-corrected chi connectivity index (χ1v) is 4.84. The highest BCUT2D eigenvalue weighted by molar-refractivity contribution is 5.86. The molecule has 0 aliphatic carbocycles. The topological polar surface area (TPSA) is 99.1 Å². The van der Waals surface area contributed by atoms with Gasteiger partial charge in [-0.1, -0.05) is 0 Å². The maximum Gasteiger partial charge on any atom is 0.153 e. The number of rotatable bonds is 4. The fourth-order valence-electron chi connectivity index (χ4n) is 1.53. The number of aliphatic hydroxyl groups excluding tert-OH is 1. The molecule has 0 aliphatic heterocycles. The molecule has 0 saturated carbocycles. The number of fused-ring (bicyclic) bond motifs is 1. The van der Waals surface area contributed by atoms with Crippen LogP contribution in [0.2, 0.25) is 0 Å². The fraction of sp³-hybridized carbons (Fsp3) is 0.444. The van der Waals surface area contributed by atoms with Crippen LogP contribution in [0.3, 0.4) is 0 Å². The molecule has 0 amide bonds. The molecule has 2 heterocycles. The van der Waals surface area contributed by atoms with Crippen molar-refractivity contribution in [1.82, 2.24) is 19.7 Å². The van der Waals surface area contributed by atoms with Gasteiger partial charge in [0.2, 0.25) is 0 Å². The van der Waals surface area contributed by atoms with Crippen LogP contribution in [-0.4, -0.2) is 38.1 Å². The highest BCUT2D eigenvalue weighted by atomic mass is 16.5. The number of nitrogens with two attached hydrogens (primary N) is 1. The Labute approximate surface area is 91.9 Å². The Balaban J connectivity index is 2.36. The lowest BCUT2D eigenvalue weighted by atomic mass is 10.3. The van der Waals surface area contributed by atoms with E-state index >= 15 is 0 Å². The van der Waals surface area contributed by atoms with E-state index in [1.54, 1.807) is 11.7 Å². The molecule has 2 aromatic rings. The minimum Gasteiger partial charge on any atom is -0.394 e. The summed E-state index contributed by atoms with van der Waals surface area (Å²) in [6, 6.07) is 0. The second-order valence-corrected chi connectivity index (χ2v) is 3.30. The molecule has 0 atom stereocenters. The number of aryl methyl sites for hydroxylation is 1. The van der Waals surface area contributed by atoms with Gasteiger partial charge < -0.3 is 15.6 Å². The number of hydrogen-bond acceptors (Lipinski definition) is 6. The van der Waals surface area contributed by atoms with Crippen molar-refractivity contribution in [2.24, 2.45) is 7.05 Å². The van der Waals surface area contributed by atoms with E-state index in [1.807, 2.05) is 0 Å². The van der Waals surface area contributed by atoms with Crippen molar-refractivity contribution in [1.29, 1.82) is 0 Å². The maximum atomic E-state index is 8.61. The van der Waals surface area contributed by atoms with Crippen LogP contribution in [0.5, 0.6) is 0 Å². The van der Waals surface area contributed by atoms with E-state index in [2.05, 4.69) is 15.1 Å². The lowest BCUT2D eigenvalue weighted by molar-refractivity contribution is 0.0799. The van der Waals surface area contributed by atoms with Gasteiger partial charge in [0.15, 0.2) is 5.82 Å². The van der Waals surface area contributed by atoms with Crippen LogP contribution < -0.4 is 5.73 Å². The van der Waals surface area contributed by atoms with Crippen LogP contribution in [0.15, 0.2) is 6.33 Å². The van der Waals surface area contributed by atoms with Crippen molar-refractivity contribution in [3.8, 4) is 0 Å². The minimum atomic E-state index is -0.0120. The second kappa shape index (κ2) is 4.42. The van der Waals surface area contributed by atoms with Crippen LogP contribution in [0.4, 0.5) is 5.82 Å². The third-order valence-corrected chi connectivity index (χ3v) is 2.19. The standard InChI is InChI=1S/C9H13N5O2/c1-14-8-7(11-5-12-9(8)10)6(13-14)4-16-3-2-15/h5,15H,2-4H2,1H3,(H2,10,11,12). The van der Waals surface area contributed by atoms with Crippen LogP contribution >= 0.6 is 0 Å². The Kier molecular flexibility index (Phi) is 2.97. The molecule has 2 aromatic heterocycles. The van der Waals surface area contributed by atoms with Gasteiger partial charge in [-0.25, -0.2) is 9.97 Å². The van der Waals surface area contributed by atoms with Crippen molar-refractivity contribution >= 4 is 16.9 Å². The summed E-state index contributed by atoms with van der Waals surface area (Å²) >= 11 is 0. The zero-order chi connectivity index (χ0) is 11.5. The quantitative estimate of drug-likeness (QED) is 0.675. The Morgan fingerprint density at radius 2 is 2.31 bits per heavy atom. The molecule has 0 unspecified atom stereocenters. The van der Waals surface area contributed by atoms with Gasteiger partial charge in [0.05, 0.1) is 19.8 Å². The van der Waals surface area contributed by atoms with E-state index in [0.29, 0.717) is 29.2 Å². The lowest BCUT2D eigenvalue weighted by Crippen LogP contribution is -2.00. The fourth-order valence-corrected chi connectivity index (χ4v) is 1.53. The Morgan fingerprint density at radius 1 is 1.50 bits per heavy atom. The third-order valence-electron chi connectivity index (χ3n) is 2.19. The molecule has 7 heteroatoms. The predicted molar refractivity (Wildman–Crippen MR) is 57.5 cm³/mol. The van der Waals surface area contributed by atoms with E-state index in [1.165, 1.54) is 6.33 Å². The zero-order valence-corrected chi connectivity index (χ0v) is 8.92. The van der Waals surface area contributed by atoms with E-state index < -0.39 is 0 Å². The van der Waals surface area contributed by atoms with Gasteiger partial charge in [-0.2, -0.15) is 5.10 Å². The van der Waals surface area contributed by atoms with Crippen LogP contribution in [0.1, 0.15) is 5.69 Å². The number of anilines is 1. The van der Waals surface area contributed by atoms with Gasteiger partial charge in [0, 0.05) is 7.05 Å². The molecule has 3 N–H and O–H groups in total. The summed E-state index contributed by atoms with van der Waals surface area (Å²) in [5.74, 6) is 0.397. The minimum absolute atomic E-state index is 0.0120. The molecule has 0 bridgehead atoms. The Morgan fingerprint density at radius 3 is 3.06 bits per heavy atom. The zero-order valence-electron chi connectivity index (χ0n) is 8.92. The normalized spacial score (nSPS) is 11.1. The van der Waals surface area contributed by atoms with Crippen LogP contribution in [0.25, 0.3) is 11.0 Å². The Bertz CT molecular complexity index is 496. The van der Waals surface area contributed by atoms with Gasteiger partial charge >= 0.3 is 0 Å². The van der Waals surface area contributed by atoms with E-state index in [9.17, 15) is 0 Å². The molecule has 86 valence electrons. The summed E-state index contributed by atoms with van der Waals surface area (Å²) in [7, 11) is 1.78. The first-order chi connectivity index (χ1) is 7.74. The molecule has 0 spiro atoms. The van der Waals surface area contributed by atoms with Crippen LogP contribution in [-0.2, 0) is 18.4 Å². The summed E-state index contributed by atoms with van der Waals surface area (Å²) in [5, 5.41) is 12.9. The molecular formula is C9H13N5O2. The molecular weight excluding hydrogens is 210 g/mol. The average Bonchev–Trinajstić information content (AvgIpc) is 2.58. The smallest absolute Gasteiger partial charge is 0.153 e. The van der Waals surface area contributed by atoms with Crippen LogP contribution in [0, 0.1) is 0 Å². The molecule has 0 fully saturated rings. The Hall–Kier alpha value is -1.73. The first-order valence-electron chi connectivity index (χ1n) is 4.84. The van der Waals surface area contributed by atoms with E-state index in [4.69, 9.17) is 15.6 Å². The summed E-state index contributed by atoms with van der Waals surface area (Å²) in [6.07, 6.45) is 1.40. The largest absolute Gasteiger partial charge is 0.394 e. The number of nitrogen functional groups attached to an aromatic ring is 1. The van der Waals surface area contributed by atoms with E-state index in [-0.39, 0.29) is 13.2 Å². The average molecular weight is 223 g/mol. The lowest BCUT2D eigenvalue weighted by Gasteiger charge is -1.98. The van der Waals surface area contributed by atoms with Gasteiger partial charge in [0.25, 0.3) is 0 Å². The third kappa shape index (κ3) is 1.82. The van der Waals surface area contributed by atoms with Gasteiger partial charge in [-0.05, 0) is 0 Å². The van der Waals surface area contributed by atoms with Crippen molar-refractivity contribution in [3.63, 3.8) is 0 Å². The number of hydrogen-bond donors (Lipinski definition) is 2. The molecule has 0 aliphatic rings. The van der Waals surface area contributed by atoms with Crippen molar-refractivity contribution < 1.29 is 9.84 Å². The second-order valence-electron chi connectivity index (χ2n) is 3.30. The molecule has 0 aromatic carbocycles. The molecule has 7 nitrogen and oxygen atoms in total. The van der Waals surface area contributed by atoms with Crippen molar-refractivity contribution in [3.05, 3.63) is 12.0 Å². The summed E-state index contributed by atoms with van der Waals surface area (Å²) in [5.41, 5.74) is 7.81. The SMILES string of the molecule is Cn1nc(COCCO)c2ncnc(N)c21. The molecule has 2 rings (SSSR count). The van der Waals surface area contributed by atoms with Gasteiger partial charge in [-0.15, -0.1) is 0 Å². The summed E-state index contributed by atoms with van der Waals surface area (Å²) < 4.78 is 6.83. The molecule has 16 heavy (non-hydrogen) atoms. The molecule has 0 saturated heterocycles. The molecule has 0 radical (unpaired) electrons. The highest BCUT2D eigenvalue weighted by Gasteiger charge is 2.12. The van der Waals surface area contributed by atoms with Crippen molar-refractivity contribution in [2.45, 2.75) is 6.61 Å². The summed E-state index contributed by atoms with van der Waals surface area (Å²) in [6.45, 7) is 0.564. The maximum absolute atomic E-state index is 8.61. The number of ether oxygens (including phenoxy) is 1. The van der Waals surface area contributed by atoms with Gasteiger partial charge in [0.1, 0.15) is 23.1 Å². The number of nitrogens with zero attached hydrogens (tertiary/aromatic N) is 4. The monoisotopic (exact) mass is 223 g/mol. The van der Waals surface area contributed by atoms with Gasteiger partial charge in [-0.3, -0.25) is 4.68 Å². The highest BCUT2D eigenvalue weighted by Crippen LogP contribution is 2.19. The number of aromatic nitrogens is 4. The predicted octanol–water partition coefficient (Wildman–Crippen LogP) is -0.546. The summed E-state index contributed by atoms with van der Waals surface area (Å²) in [4.78, 5) is 8.03. The number of aliphatic hydroxyl groups is 1. The van der Waals surface area contributed by atoms with Crippen molar-refractivity contribution in [2.75, 3.05) is 18.9 Å². The first kappa shape index (κ1) is 10.8.